The largest absolute Gasteiger partial charge is 0.493 e. The van der Waals surface area contributed by atoms with Gasteiger partial charge in [-0.25, -0.2) is 0 Å². The fraction of sp³-hybridized carbons (Fsp3) is 0.562. The van der Waals surface area contributed by atoms with Crippen molar-refractivity contribution in [1.82, 2.24) is 0 Å². The molecule has 134 valence electrons. The summed E-state index contributed by atoms with van der Waals surface area (Å²) in [6.07, 6.45) is -5.04. The van der Waals surface area contributed by atoms with E-state index in [1.165, 1.54) is 12.1 Å². The number of carbonyl (C=O) groups excluding carboxylic acids is 1. The third-order valence-electron chi connectivity index (χ3n) is 3.51. The maximum atomic E-state index is 12.9. The monoisotopic (exact) mass is 348 g/mol. The Hall–Kier alpha value is -1.80. The van der Waals surface area contributed by atoms with Crippen molar-refractivity contribution in [3.8, 4) is 11.5 Å². The molecule has 0 spiro atoms. The van der Waals surface area contributed by atoms with Crippen molar-refractivity contribution in [2.45, 2.75) is 32.7 Å². The highest BCUT2D eigenvalue weighted by molar-refractivity contribution is 6.05. The van der Waals surface area contributed by atoms with Gasteiger partial charge in [0.25, 0.3) is 5.78 Å². The normalized spacial score (nSPS) is 16.9. The number of ketones is 1. The van der Waals surface area contributed by atoms with Crippen molar-refractivity contribution in [3.05, 3.63) is 23.3 Å². The van der Waals surface area contributed by atoms with Crippen molar-refractivity contribution in [2.75, 3.05) is 26.4 Å². The van der Waals surface area contributed by atoms with Crippen molar-refractivity contribution < 1.29 is 36.9 Å². The molecule has 0 aliphatic carbocycles. The Balaban J connectivity index is 2.62. The lowest BCUT2D eigenvalue weighted by molar-refractivity contribution is -0.149. The summed E-state index contributed by atoms with van der Waals surface area (Å²) in [6, 6.07) is 2.66. The molecule has 1 fully saturated rings. The van der Waals surface area contributed by atoms with Crippen molar-refractivity contribution >= 4 is 5.78 Å². The summed E-state index contributed by atoms with van der Waals surface area (Å²) in [7, 11) is 0. The molecule has 1 aromatic carbocycles. The fourth-order valence-electron chi connectivity index (χ4n) is 2.44. The van der Waals surface area contributed by atoms with E-state index in [-0.39, 0.29) is 24.7 Å². The molecule has 24 heavy (non-hydrogen) atoms. The summed E-state index contributed by atoms with van der Waals surface area (Å²) in [5.74, 6) is -3.56. The van der Waals surface area contributed by atoms with Crippen LogP contribution in [0.5, 0.6) is 11.5 Å². The summed E-state index contributed by atoms with van der Waals surface area (Å²) >= 11 is 0. The number of rotatable bonds is 6. The van der Waals surface area contributed by atoms with E-state index in [9.17, 15) is 18.0 Å². The Labute approximate surface area is 137 Å². The van der Waals surface area contributed by atoms with Crippen LogP contribution in [0.1, 0.15) is 36.7 Å². The maximum absolute atomic E-state index is 12.9. The van der Waals surface area contributed by atoms with Crippen molar-refractivity contribution in [1.29, 1.82) is 0 Å². The molecule has 0 atom stereocenters. The topological polar surface area (TPSA) is 54.0 Å². The van der Waals surface area contributed by atoms with E-state index in [0.29, 0.717) is 18.8 Å². The van der Waals surface area contributed by atoms with Gasteiger partial charge >= 0.3 is 6.18 Å². The van der Waals surface area contributed by atoms with Gasteiger partial charge in [0.2, 0.25) is 0 Å². The second-order valence-electron chi connectivity index (χ2n) is 5.18. The number of Topliss-reactive ketones (excluding diaryl/α,β-unsaturated/α-hetero) is 1. The molecule has 0 radical (unpaired) electrons. The summed E-state index contributed by atoms with van der Waals surface area (Å²) in [5, 5.41) is 0. The van der Waals surface area contributed by atoms with Gasteiger partial charge in [0.05, 0.1) is 26.4 Å². The minimum atomic E-state index is -5.04. The van der Waals surface area contributed by atoms with Gasteiger partial charge in [-0.3, -0.25) is 4.79 Å². The van der Waals surface area contributed by atoms with Crippen LogP contribution in [0.4, 0.5) is 13.2 Å². The zero-order chi connectivity index (χ0) is 18.0. The van der Waals surface area contributed by atoms with E-state index in [0.717, 1.165) is 0 Å². The second kappa shape index (κ2) is 6.98. The molecular formula is C16H19F3O5. The highest BCUT2D eigenvalue weighted by Crippen LogP contribution is 2.41. The van der Waals surface area contributed by atoms with Crippen LogP contribution < -0.4 is 9.47 Å². The van der Waals surface area contributed by atoms with Crippen LogP contribution in [0, 0.1) is 0 Å². The number of alkyl halides is 3. The molecule has 0 amide bonds. The predicted octanol–water partition coefficient (Wildman–Crippen LogP) is 3.45. The molecule has 2 rings (SSSR count). The zero-order valence-corrected chi connectivity index (χ0v) is 13.7. The first-order chi connectivity index (χ1) is 11.2. The molecule has 1 aliphatic rings. The molecule has 1 heterocycles. The Bertz CT molecular complexity index is 579. The first-order valence-corrected chi connectivity index (χ1v) is 7.56. The Kier molecular flexibility index (Phi) is 5.39. The van der Waals surface area contributed by atoms with Crippen LogP contribution in [-0.4, -0.2) is 38.4 Å². The van der Waals surface area contributed by atoms with Gasteiger partial charge in [0.1, 0.15) is 17.1 Å². The molecule has 0 bridgehead atoms. The lowest BCUT2D eigenvalue weighted by Crippen LogP contribution is -2.26. The SMILES string of the molecule is CCOc1cc(C2(C)OCCO2)cc(OCC)c1C(=O)C(F)(F)F. The van der Waals surface area contributed by atoms with Crippen LogP contribution in [0.3, 0.4) is 0 Å². The second-order valence-corrected chi connectivity index (χ2v) is 5.18. The average Bonchev–Trinajstić information content (AvgIpc) is 2.94. The number of carbonyl (C=O) groups is 1. The molecule has 0 N–H and O–H groups in total. The van der Waals surface area contributed by atoms with Crippen LogP contribution in [0.25, 0.3) is 0 Å². The van der Waals surface area contributed by atoms with Crippen molar-refractivity contribution in [3.63, 3.8) is 0 Å². The van der Waals surface area contributed by atoms with Crippen LogP contribution in [0.15, 0.2) is 12.1 Å². The van der Waals surface area contributed by atoms with E-state index in [1.54, 1.807) is 20.8 Å². The smallest absolute Gasteiger partial charge is 0.455 e. The number of ether oxygens (including phenoxy) is 4. The van der Waals surface area contributed by atoms with Crippen molar-refractivity contribution in [2.24, 2.45) is 0 Å². The highest BCUT2D eigenvalue weighted by Gasteiger charge is 2.44. The van der Waals surface area contributed by atoms with Gasteiger partial charge < -0.3 is 18.9 Å². The minimum absolute atomic E-state index is 0.0889. The molecule has 0 aromatic heterocycles. The third kappa shape index (κ3) is 3.64. The molecule has 5 nitrogen and oxygen atoms in total. The Morgan fingerprint density at radius 2 is 1.58 bits per heavy atom. The summed E-state index contributed by atoms with van der Waals surface area (Å²) < 4.78 is 60.4. The van der Waals surface area contributed by atoms with Gasteiger partial charge in [0, 0.05) is 5.56 Å². The van der Waals surface area contributed by atoms with Gasteiger partial charge in [-0.1, -0.05) is 0 Å². The van der Waals surface area contributed by atoms with E-state index < -0.39 is 23.3 Å². The summed E-state index contributed by atoms with van der Waals surface area (Å²) in [6.45, 7) is 5.75. The van der Waals surface area contributed by atoms with Crippen LogP contribution in [-0.2, 0) is 15.3 Å². The quantitative estimate of drug-likeness (QED) is 0.737. The van der Waals surface area contributed by atoms with E-state index in [1.807, 2.05) is 0 Å². The fourth-order valence-corrected chi connectivity index (χ4v) is 2.44. The molecular weight excluding hydrogens is 329 g/mol. The van der Waals surface area contributed by atoms with E-state index >= 15 is 0 Å². The highest BCUT2D eigenvalue weighted by atomic mass is 19.4. The molecule has 1 saturated heterocycles. The number of halogens is 3. The van der Waals surface area contributed by atoms with Crippen LogP contribution in [0.2, 0.25) is 0 Å². The summed E-state index contributed by atoms with van der Waals surface area (Å²) in [5.41, 5.74) is -0.220. The molecule has 1 aliphatic heterocycles. The van der Waals surface area contributed by atoms with Gasteiger partial charge in [0.15, 0.2) is 5.79 Å². The van der Waals surface area contributed by atoms with Crippen LogP contribution >= 0.6 is 0 Å². The van der Waals surface area contributed by atoms with Gasteiger partial charge in [-0.2, -0.15) is 13.2 Å². The maximum Gasteiger partial charge on any atom is 0.455 e. The number of hydrogen-bond donors (Lipinski definition) is 0. The number of hydrogen-bond acceptors (Lipinski definition) is 5. The van der Waals surface area contributed by atoms with E-state index in [4.69, 9.17) is 18.9 Å². The third-order valence-corrected chi connectivity index (χ3v) is 3.51. The first kappa shape index (κ1) is 18.5. The Morgan fingerprint density at radius 3 is 1.96 bits per heavy atom. The van der Waals surface area contributed by atoms with Gasteiger partial charge in [-0.15, -0.1) is 0 Å². The standard InChI is InChI=1S/C16H19F3O5/c1-4-21-11-8-10(15(3)23-6-7-24-15)9-12(22-5-2)13(11)14(20)16(17,18)19/h8-9H,4-7H2,1-3H3. The first-order valence-electron chi connectivity index (χ1n) is 7.56. The molecule has 8 heteroatoms. The van der Waals surface area contributed by atoms with E-state index in [2.05, 4.69) is 0 Å². The lowest BCUT2D eigenvalue weighted by atomic mass is 10.00. The molecule has 0 saturated carbocycles. The number of benzene rings is 1. The van der Waals surface area contributed by atoms with Gasteiger partial charge in [-0.05, 0) is 32.9 Å². The zero-order valence-electron chi connectivity index (χ0n) is 13.7. The molecule has 0 unspecified atom stereocenters. The molecule has 1 aromatic rings. The minimum Gasteiger partial charge on any atom is -0.493 e. The summed E-state index contributed by atoms with van der Waals surface area (Å²) in [4.78, 5) is 11.8. The average molecular weight is 348 g/mol. The Morgan fingerprint density at radius 1 is 1.12 bits per heavy atom. The predicted molar refractivity (Wildman–Crippen MR) is 78.4 cm³/mol. The lowest BCUT2D eigenvalue weighted by Gasteiger charge is -2.25.